The van der Waals surface area contributed by atoms with E-state index >= 15 is 0 Å². The Morgan fingerprint density at radius 2 is 1.66 bits per heavy atom. The van der Waals surface area contributed by atoms with Crippen LogP contribution in [0.25, 0.3) is 0 Å². The van der Waals surface area contributed by atoms with Crippen LogP contribution in [0.4, 0.5) is 5.69 Å². The molecule has 1 heterocycles. The molecule has 0 saturated carbocycles. The van der Waals surface area contributed by atoms with Gasteiger partial charge >= 0.3 is 0 Å². The molecule has 1 atom stereocenters. The summed E-state index contributed by atoms with van der Waals surface area (Å²) in [6, 6.07) is 15.7. The molecule has 0 fully saturated rings. The van der Waals surface area contributed by atoms with Crippen molar-refractivity contribution in [1.29, 1.82) is 0 Å². The van der Waals surface area contributed by atoms with Crippen LogP contribution in [0.3, 0.4) is 0 Å². The SMILES string of the molecule is CCC(=O)c1ccc(C#Cc2ccc(NCc3oc(CS(C)=O)cc(=O)c3O)cc2)cc1. The Kier molecular flexibility index (Phi) is 7.63. The molecule has 2 N–H and O–H groups in total. The van der Waals surface area contributed by atoms with Crippen molar-refractivity contribution in [3.05, 3.63) is 93.0 Å². The van der Waals surface area contributed by atoms with Crippen molar-refractivity contribution in [2.45, 2.75) is 25.6 Å². The maximum Gasteiger partial charge on any atom is 0.227 e. The van der Waals surface area contributed by atoms with Crippen molar-refractivity contribution < 1.29 is 18.5 Å². The molecule has 0 aliphatic carbocycles. The van der Waals surface area contributed by atoms with E-state index in [4.69, 9.17) is 4.42 Å². The van der Waals surface area contributed by atoms with Crippen LogP contribution < -0.4 is 10.7 Å². The Morgan fingerprint density at radius 3 is 2.22 bits per heavy atom. The van der Waals surface area contributed by atoms with E-state index in [9.17, 15) is 18.9 Å². The van der Waals surface area contributed by atoms with Crippen LogP contribution in [0.1, 0.15) is 46.3 Å². The number of carbonyl (C=O) groups is 1. The number of aromatic hydroxyl groups is 1. The molecule has 1 aromatic heterocycles. The molecule has 0 spiro atoms. The summed E-state index contributed by atoms with van der Waals surface area (Å²) < 4.78 is 16.9. The van der Waals surface area contributed by atoms with Gasteiger partial charge in [-0.1, -0.05) is 30.9 Å². The van der Waals surface area contributed by atoms with Crippen molar-refractivity contribution in [2.75, 3.05) is 11.6 Å². The highest BCUT2D eigenvalue weighted by atomic mass is 32.2. The first kappa shape index (κ1) is 23.0. The molecular weight excluding hydrogens is 426 g/mol. The number of rotatable bonds is 7. The Hall–Kier alpha value is -3.63. The molecular formula is C25H23NO5S. The molecule has 0 saturated heterocycles. The molecule has 2 aromatic carbocycles. The summed E-state index contributed by atoms with van der Waals surface area (Å²) in [7, 11) is -1.16. The highest BCUT2D eigenvalue weighted by Crippen LogP contribution is 2.17. The lowest BCUT2D eigenvalue weighted by Crippen LogP contribution is -2.09. The first-order valence-corrected chi connectivity index (χ1v) is 11.7. The second-order valence-corrected chi connectivity index (χ2v) is 8.54. The van der Waals surface area contributed by atoms with Gasteiger partial charge in [0.25, 0.3) is 0 Å². The Labute approximate surface area is 188 Å². The first-order chi connectivity index (χ1) is 15.4. The van der Waals surface area contributed by atoms with E-state index in [1.54, 1.807) is 12.1 Å². The van der Waals surface area contributed by atoms with Crippen LogP contribution in [0, 0.1) is 11.8 Å². The maximum absolute atomic E-state index is 11.9. The molecule has 0 aliphatic rings. The van der Waals surface area contributed by atoms with E-state index in [0.29, 0.717) is 12.0 Å². The van der Waals surface area contributed by atoms with Gasteiger partial charge in [-0.05, 0) is 36.4 Å². The van der Waals surface area contributed by atoms with Crippen LogP contribution >= 0.6 is 0 Å². The third kappa shape index (κ3) is 6.19. The lowest BCUT2D eigenvalue weighted by molar-refractivity contribution is 0.0988. The number of nitrogens with one attached hydrogen (secondary N) is 1. The van der Waals surface area contributed by atoms with Gasteiger partial charge in [-0.3, -0.25) is 13.8 Å². The fourth-order valence-corrected chi connectivity index (χ4v) is 3.46. The summed E-state index contributed by atoms with van der Waals surface area (Å²) in [6.07, 6.45) is 1.99. The summed E-state index contributed by atoms with van der Waals surface area (Å²) in [4.78, 5) is 23.6. The smallest absolute Gasteiger partial charge is 0.227 e. The number of benzene rings is 2. The molecule has 1 unspecified atom stereocenters. The molecule has 7 heteroatoms. The van der Waals surface area contributed by atoms with E-state index in [0.717, 1.165) is 22.9 Å². The standard InChI is InChI=1S/C25H23NO5S/c1-3-22(27)19-10-6-17(7-11-19)4-5-18-8-12-20(13-9-18)26-15-24-25(29)23(28)14-21(31-24)16-32(2)30/h6-14,26,29H,3,15-16H2,1-2H3. The highest BCUT2D eigenvalue weighted by Gasteiger charge is 2.12. The summed E-state index contributed by atoms with van der Waals surface area (Å²) >= 11 is 0. The predicted molar refractivity (Wildman–Crippen MR) is 125 cm³/mol. The Bertz CT molecular complexity index is 1250. The summed E-state index contributed by atoms with van der Waals surface area (Å²) in [5.74, 6) is 6.25. The van der Waals surface area contributed by atoms with Crippen LogP contribution in [-0.2, 0) is 23.1 Å². The van der Waals surface area contributed by atoms with Gasteiger partial charge in [-0.15, -0.1) is 0 Å². The van der Waals surface area contributed by atoms with Crippen molar-refractivity contribution in [1.82, 2.24) is 0 Å². The van der Waals surface area contributed by atoms with E-state index in [-0.39, 0.29) is 29.6 Å². The minimum atomic E-state index is -1.16. The zero-order valence-electron chi connectivity index (χ0n) is 17.8. The zero-order chi connectivity index (χ0) is 23.1. The average Bonchev–Trinajstić information content (AvgIpc) is 2.79. The fourth-order valence-electron chi connectivity index (χ4n) is 2.92. The van der Waals surface area contributed by atoms with E-state index in [1.807, 2.05) is 43.3 Å². The molecule has 0 bridgehead atoms. The lowest BCUT2D eigenvalue weighted by atomic mass is 10.1. The Balaban J connectivity index is 1.65. The van der Waals surface area contributed by atoms with E-state index in [2.05, 4.69) is 17.2 Å². The molecule has 0 radical (unpaired) electrons. The maximum atomic E-state index is 11.9. The second-order valence-electron chi connectivity index (χ2n) is 7.10. The van der Waals surface area contributed by atoms with Gasteiger partial charge < -0.3 is 14.8 Å². The number of hydrogen-bond donors (Lipinski definition) is 2. The molecule has 164 valence electrons. The highest BCUT2D eigenvalue weighted by molar-refractivity contribution is 7.83. The van der Waals surface area contributed by atoms with Gasteiger partial charge in [-0.2, -0.15) is 0 Å². The molecule has 3 aromatic rings. The van der Waals surface area contributed by atoms with E-state index < -0.39 is 22.0 Å². The molecule has 32 heavy (non-hydrogen) atoms. The van der Waals surface area contributed by atoms with Crippen molar-refractivity contribution in [2.24, 2.45) is 0 Å². The van der Waals surface area contributed by atoms with Gasteiger partial charge in [-0.25, -0.2) is 0 Å². The largest absolute Gasteiger partial charge is 0.502 e. The minimum absolute atomic E-state index is 0.0896. The van der Waals surface area contributed by atoms with Crippen LogP contribution in [-0.4, -0.2) is 21.4 Å². The van der Waals surface area contributed by atoms with Crippen LogP contribution in [0.2, 0.25) is 0 Å². The lowest BCUT2D eigenvalue weighted by Gasteiger charge is -2.09. The normalized spacial score (nSPS) is 11.3. The van der Waals surface area contributed by atoms with Crippen molar-refractivity contribution in [3.8, 4) is 17.6 Å². The molecule has 6 nitrogen and oxygen atoms in total. The van der Waals surface area contributed by atoms with Gasteiger partial charge in [0.15, 0.2) is 11.5 Å². The van der Waals surface area contributed by atoms with E-state index in [1.165, 1.54) is 6.26 Å². The van der Waals surface area contributed by atoms with Crippen molar-refractivity contribution >= 4 is 22.3 Å². The van der Waals surface area contributed by atoms with Gasteiger partial charge in [0, 0.05) is 51.9 Å². The topological polar surface area (TPSA) is 96.6 Å². The first-order valence-electron chi connectivity index (χ1n) is 10.00. The second kappa shape index (κ2) is 10.6. The summed E-state index contributed by atoms with van der Waals surface area (Å²) in [5.41, 5.74) is 2.50. The Morgan fingerprint density at radius 1 is 1.06 bits per heavy atom. The minimum Gasteiger partial charge on any atom is -0.502 e. The average molecular weight is 450 g/mol. The third-order valence-electron chi connectivity index (χ3n) is 4.61. The monoisotopic (exact) mass is 449 g/mol. The molecule has 3 rings (SSSR count). The zero-order valence-corrected chi connectivity index (χ0v) is 18.6. The fraction of sp³-hybridized carbons (Fsp3) is 0.200. The third-order valence-corrected chi connectivity index (χ3v) is 5.30. The van der Waals surface area contributed by atoms with Crippen molar-refractivity contribution in [3.63, 3.8) is 0 Å². The molecule has 0 aliphatic heterocycles. The predicted octanol–water partition coefficient (Wildman–Crippen LogP) is 3.83. The van der Waals surface area contributed by atoms with Crippen LogP contribution in [0.5, 0.6) is 5.75 Å². The van der Waals surface area contributed by atoms with Gasteiger partial charge in [0.05, 0.1) is 12.3 Å². The summed E-state index contributed by atoms with van der Waals surface area (Å²) in [5, 5.41) is 13.0. The number of hydrogen-bond acceptors (Lipinski definition) is 6. The van der Waals surface area contributed by atoms with Gasteiger partial charge in [0.2, 0.25) is 11.2 Å². The quantitative estimate of drug-likeness (QED) is 0.420. The summed E-state index contributed by atoms with van der Waals surface area (Å²) in [6.45, 7) is 1.93. The number of ketones is 1. The number of Topliss-reactive ketones (excluding diaryl/α,β-unsaturated/α-hetero) is 1. The van der Waals surface area contributed by atoms with Gasteiger partial charge in [0.1, 0.15) is 5.76 Å². The molecule has 0 amide bonds. The number of carbonyl (C=O) groups excluding carboxylic acids is 1. The number of anilines is 1. The van der Waals surface area contributed by atoms with Crippen LogP contribution in [0.15, 0.2) is 63.8 Å².